The summed E-state index contributed by atoms with van der Waals surface area (Å²) in [5.41, 5.74) is 4.19. The molecule has 28 heavy (non-hydrogen) atoms. The first kappa shape index (κ1) is 15.5. The van der Waals surface area contributed by atoms with Crippen LogP contribution in [0.2, 0.25) is 0 Å². The summed E-state index contributed by atoms with van der Waals surface area (Å²) in [6.07, 6.45) is 4.10. The van der Waals surface area contributed by atoms with Crippen LogP contribution in [0.3, 0.4) is 0 Å². The fraction of sp³-hybridized carbons (Fsp3) is 0.182. The predicted molar refractivity (Wildman–Crippen MR) is 102 cm³/mol. The van der Waals surface area contributed by atoms with Crippen molar-refractivity contribution in [2.75, 3.05) is 6.79 Å². The highest BCUT2D eigenvalue weighted by Gasteiger charge is 2.41. The lowest BCUT2D eigenvalue weighted by Crippen LogP contribution is -2.33. The van der Waals surface area contributed by atoms with Gasteiger partial charge in [0.25, 0.3) is 0 Å². The molecule has 1 aromatic heterocycles. The SMILES string of the molecule is c1cncc([C@@H]2Oc3ccccc3[C@@H]3CC(c4ccc5c(c4)OCO5)=NN32)c1. The summed E-state index contributed by atoms with van der Waals surface area (Å²) >= 11 is 0. The van der Waals surface area contributed by atoms with Crippen molar-refractivity contribution >= 4 is 5.71 Å². The van der Waals surface area contributed by atoms with Crippen LogP contribution >= 0.6 is 0 Å². The molecule has 0 radical (unpaired) electrons. The predicted octanol–water partition coefficient (Wildman–Crippen LogP) is 4.05. The zero-order valence-electron chi connectivity index (χ0n) is 15.0. The van der Waals surface area contributed by atoms with E-state index in [1.54, 1.807) is 6.20 Å². The molecule has 6 rings (SSSR count). The number of nitrogens with zero attached hydrogens (tertiary/aromatic N) is 3. The molecule has 0 N–H and O–H groups in total. The minimum Gasteiger partial charge on any atom is -0.464 e. The van der Waals surface area contributed by atoms with E-state index in [4.69, 9.17) is 19.3 Å². The van der Waals surface area contributed by atoms with Crippen molar-refractivity contribution in [1.82, 2.24) is 9.99 Å². The van der Waals surface area contributed by atoms with E-state index in [1.807, 2.05) is 54.7 Å². The first-order valence-corrected chi connectivity index (χ1v) is 9.28. The molecule has 0 fully saturated rings. The van der Waals surface area contributed by atoms with E-state index < -0.39 is 0 Å². The van der Waals surface area contributed by atoms with E-state index >= 15 is 0 Å². The summed E-state index contributed by atoms with van der Waals surface area (Å²) in [5, 5.41) is 7.02. The van der Waals surface area contributed by atoms with Crippen LogP contribution in [0.1, 0.15) is 35.4 Å². The number of aromatic nitrogens is 1. The van der Waals surface area contributed by atoms with Gasteiger partial charge in [-0.1, -0.05) is 24.3 Å². The highest BCUT2D eigenvalue weighted by molar-refractivity contribution is 6.02. The average molecular weight is 371 g/mol. The molecule has 0 bridgehead atoms. The molecular formula is C22H17N3O3. The molecule has 138 valence electrons. The third-order valence-electron chi connectivity index (χ3n) is 5.37. The first-order chi connectivity index (χ1) is 13.9. The van der Waals surface area contributed by atoms with Crippen molar-refractivity contribution in [3.8, 4) is 17.2 Å². The van der Waals surface area contributed by atoms with E-state index in [1.165, 1.54) is 0 Å². The van der Waals surface area contributed by atoms with Crippen molar-refractivity contribution in [2.24, 2.45) is 5.10 Å². The number of pyridine rings is 1. The Morgan fingerprint density at radius 3 is 2.79 bits per heavy atom. The molecule has 3 aliphatic rings. The monoisotopic (exact) mass is 371 g/mol. The molecule has 0 unspecified atom stereocenters. The number of fused-ring (bicyclic) bond motifs is 4. The summed E-state index contributed by atoms with van der Waals surface area (Å²) in [5.74, 6) is 2.45. The quantitative estimate of drug-likeness (QED) is 0.680. The second-order valence-corrected chi connectivity index (χ2v) is 7.01. The maximum Gasteiger partial charge on any atom is 0.231 e. The fourth-order valence-electron chi connectivity index (χ4n) is 4.03. The van der Waals surface area contributed by atoms with Crippen LogP contribution in [0.25, 0.3) is 0 Å². The standard InChI is InChI=1S/C22H17N3O3/c1-2-6-19-16(5-1)18-11-17(14-7-8-20-21(10-14)27-13-26-20)24-25(18)22(28-19)15-4-3-9-23-12-15/h1-10,12,18,22H,11,13H2/t18-,22-/m0/s1. The molecule has 2 atom stereocenters. The lowest BCUT2D eigenvalue weighted by molar-refractivity contribution is -0.0192. The van der Waals surface area contributed by atoms with E-state index in [-0.39, 0.29) is 19.1 Å². The van der Waals surface area contributed by atoms with Crippen LogP contribution in [-0.2, 0) is 0 Å². The molecule has 2 aromatic carbocycles. The molecule has 3 aromatic rings. The van der Waals surface area contributed by atoms with Gasteiger partial charge in [0.05, 0.1) is 11.8 Å². The topological polar surface area (TPSA) is 56.2 Å². The summed E-state index contributed by atoms with van der Waals surface area (Å²) < 4.78 is 17.3. The normalized spacial score (nSPS) is 21.6. The molecule has 6 nitrogen and oxygen atoms in total. The third-order valence-corrected chi connectivity index (χ3v) is 5.37. The Kier molecular flexibility index (Phi) is 3.32. The fourth-order valence-corrected chi connectivity index (χ4v) is 4.03. The van der Waals surface area contributed by atoms with Crippen molar-refractivity contribution in [1.29, 1.82) is 0 Å². The van der Waals surface area contributed by atoms with Crippen molar-refractivity contribution in [2.45, 2.75) is 18.7 Å². The van der Waals surface area contributed by atoms with Gasteiger partial charge in [-0.2, -0.15) is 5.10 Å². The number of hydrazone groups is 1. The van der Waals surface area contributed by atoms with Crippen LogP contribution in [0.15, 0.2) is 72.1 Å². The number of hydrogen-bond donors (Lipinski definition) is 0. The van der Waals surface area contributed by atoms with Gasteiger partial charge in [-0.05, 0) is 30.3 Å². The van der Waals surface area contributed by atoms with Gasteiger partial charge in [-0.25, -0.2) is 5.01 Å². The Morgan fingerprint density at radius 1 is 0.929 bits per heavy atom. The molecule has 0 amide bonds. The third kappa shape index (κ3) is 2.34. The zero-order chi connectivity index (χ0) is 18.5. The first-order valence-electron chi connectivity index (χ1n) is 9.28. The molecule has 0 spiro atoms. The van der Waals surface area contributed by atoms with Crippen LogP contribution < -0.4 is 14.2 Å². The number of hydrogen-bond acceptors (Lipinski definition) is 6. The molecule has 3 aliphatic heterocycles. The maximum absolute atomic E-state index is 6.32. The zero-order valence-corrected chi connectivity index (χ0v) is 15.0. The van der Waals surface area contributed by atoms with E-state index in [9.17, 15) is 0 Å². The Labute approximate surface area is 162 Å². The Bertz CT molecular complexity index is 1080. The van der Waals surface area contributed by atoms with Gasteiger partial charge in [0, 0.05) is 35.5 Å². The van der Waals surface area contributed by atoms with Gasteiger partial charge in [0.15, 0.2) is 11.5 Å². The summed E-state index contributed by atoms with van der Waals surface area (Å²) in [6.45, 7) is 0.268. The largest absolute Gasteiger partial charge is 0.464 e. The van der Waals surface area contributed by atoms with Crippen LogP contribution in [0, 0.1) is 0 Å². The maximum atomic E-state index is 6.32. The van der Waals surface area contributed by atoms with Gasteiger partial charge in [-0.15, -0.1) is 0 Å². The molecule has 4 heterocycles. The Hall–Kier alpha value is -3.54. The minimum absolute atomic E-state index is 0.121. The van der Waals surface area contributed by atoms with Crippen LogP contribution in [0.4, 0.5) is 0 Å². The van der Waals surface area contributed by atoms with E-state index in [0.29, 0.717) is 0 Å². The van der Waals surface area contributed by atoms with Gasteiger partial charge in [0.1, 0.15) is 5.75 Å². The second kappa shape index (κ2) is 5.99. The average Bonchev–Trinajstić information content (AvgIpc) is 3.40. The Morgan fingerprint density at radius 2 is 1.86 bits per heavy atom. The summed E-state index contributed by atoms with van der Waals surface area (Å²) in [4.78, 5) is 4.26. The molecular weight excluding hydrogens is 354 g/mol. The minimum atomic E-state index is -0.305. The number of para-hydroxylation sites is 1. The van der Waals surface area contributed by atoms with E-state index in [2.05, 4.69) is 16.1 Å². The lowest BCUT2D eigenvalue weighted by Gasteiger charge is -2.38. The van der Waals surface area contributed by atoms with Crippen LogP contribution in [-0.4, -0.2) is 22.5 Å². The van der Waals surface area contributed by atoms with Crippen LogP contribution in [0.5, 0.6) is 17.2 Å². The molecule has 0 aliphatic carbocycles. The second-order valence-electron chi connectivity index (χ2n) is 7.01. The highest BCUT2D eigenvalue weighted by Crippen LogP contribution is 2.47. The Balaban J connectivity index is 1.43. The summed E-state index contributed by atoms with van der Waals surface area (Å²) in [6, 6.07) is 18.2. The summed E-state index contributed by atoms with van der Waals surface area (Å²) in [7, 11) is 0. The van der Waals surface area contributed by atoms with Gasteiger partial charge in [0.2, 0.25) is 13.0 Å². The van der Waals surface area contributed by atoms with Gasteiger partial charge in [-0.3, -0.25) is 4.98 Å². The van der Waals surface area contributed by atoms with Crippen molar-refractivity contribution < 1.29 is 14.2 Å². The van der Waals surface area contributed by atoms with Gasteiger partial charge >= 0.3 is 0 Å². The lowest BCUT2D eigenvalue weighted by atomic mass is 9.96. The molecule has 6 heteroatoms. The highest BCUT2D eigenvalue weighted by atomic mass is 16.7. The number of benzene rings is 2. The number of ether oxygens (including phenoxy) is 3. The van der Waals surface area contributed by atoms with Gasteiger partial charge < -0.3 is 14.2 Å². The smallest absolute Gasteiger partial charge is 0.231 e. The van der Waals surface area contributed by atoms with E-state index in [0.717, 1.165) is 46.1 Å². The molecule has 0 saturated carbocycles. The van der Waals surface area contributed by atoms with Crippen molar-refractivity contribution in [3.05, 3.63) is 83.7 Å². The number of rotatable bonds is 2. The molecule has 0 saturated heterocycles. The van der Waals surface area contributed by atoms with Crippen molar-refractivity contribution in [3.63, 3.8) is 0 Å².